The maximum atomic E-state index is 9.26. The quantitative estimate of drug-likeness (QED) is 0.852. The number of benzene rings is 2. The number of nitrogens with zero attached hydrogens (tertiary/aromatic N) is 2. The van der Waals surface area contributed by atoms with Crippen molar-refractivity contribution in [3.8, 4) is 23.3 Å². The second-order valence-electron chi connectivity index (χ2n) is 4.48. The number of hydrogen-bond donors (Lipinski definition) is 1. The Morgan fingerprint density at radius 3 is 2.33 bits per heavy atom. The molecule has 0 fully saturated rings. The van der Waals surface area contributed by atoms with Crippen molar-refractivity contribution in [2.75, 3.05) is 25.6 Å². The molecule has 2 rings (SSSR count). The molecule has 0 aliphatic carbocycles. The molecular formula is C17H15N3O. The summed E-state index contributed by atoms with van der Waals surface area (Å²) in [5.74, 6) is 0. The predicted molar refractivity (Wildman–Crippen MR) is 81.7 cm³/mol. The predicted octanol–water partition coefficient (Wildman–Crippen LogP) is 3.16. The first-order valence-corrected chi connectivity index (χ1v) is 6.56. The Hall–Kier alpha value is -2.82. The molecule has 0 saturated carbocycles. The summed E-state index contributed by atoms with van der Waals surface area (Å²) in [4.78, 5) is 0. The molecule has 4 heteroatoms. The Morgan fingerprint density at radius 1 is 1.00 bits per heavy atom. The zero-order valence-corrected chi connectivity index (χ0v) is 11.8. The van der Waals surface area contributed by atoms with Gasteiger partial charge in [0.05, 0.1) is 29.5 Å². The van der Waals surface area contributed by atoms with E-state index < -0.39 is 0 Å². The zero-order chi connectivity index (χ0) is 15.1. The molecule has 2 aromatic rings. The molecule has 0 bridgehead atoms. The molecule has 0 unspecified atom stereocenters. The van der Waals surface area contributed by atoms with Crippen LogP contribution in [0.4, 0.5) is 5.69 Å². The number of methoxy groups -OCH3 is 1. The Labute approximate surface area is 124 Å². The van der Waals surface area contributed by atoms with Gasteiger partial charge in [-0.2, -0.15) is 10.5 Å². The Morgan fingerprint density at radius 2 is 1.71 bits per heavy atom. The third-order valence-corrected chi connectivity index (χ3v) is 3.11. The first-order chi connectivity index (χ1) is 10.3. The van der Waals surface area contributed by atoms with E-state index >= 15 is 0 Å². The molecule has 0 saturated heterocycles. The molecule has 0 spiro atoms. The minimum atomic E-state index is 0.586. The lowest BCUT2D eigenvalue weighted by Crippen LogP contribution is -2.08. The van der Waals surface area contributed by atoms with Crippen molar-refractivity contribution in [1.82, 2.24) is 0 Å². The highest BCUT2D eigenvalue weighted by molar-refractivity contribution is 5.71. The standard InChI is InChI=1S/C17H15N3O/c1-21-9-8-20-17-7-6-15(10-16(17)12-19)14-4-2-13(11-18)3-5-14/h2-7,10,20H,8-9H2,1H3. The number of ether oxygens (including phenoxy) is 1. The van der Waals surface area contributed by atoms with Crippen molar-refractivity contribution in [2.45, 2.75) is 0 Å². The van der Waals surface area contributed by atoms with Crippen LogP contribution < -0.4 is 5.32 Å². The normalized spacial score (nSPS) is 9.67. The molecule has 0 aliphatic heterocycles. The lowest BCUT2D eigenvalue weighted by atomic mass is 10.0. The molecule has 0 amide bonds. The van der Waals surface area contributed by atoms with Gasteiger partial charge in [-0.05, 0) is 35.4 Å². The van der Waals surface area contributed by atoms with Gasteiger partial charge in [-0.25, -0.2) is 0 Å². The fraction of sp³-hybridized carbons (Fsp3) is 0.176. The topological polar surface area (TPSA) is 68.8 Å². The summed E-state index contributed by atoms with van der Waals surface area (Å²) >= 11 is 0. The smallest absolute Gasteiger partial charge is 0.101 e. The maximum Gasteiger partial charge on any atom is 0.101 e. The second-order valence-corrected chi connectivity index (χ2v) is 4.48. The summed E-state index contributed by atoms with van der Waals surface area (Å²) in [5, 5.41) is 21.2. The van der Waals surface area contributed by atoms with Gasteiger partial charge in [0.25, 0.3) is 0 Å². The van der Waals surface area contributed by atoms with Gasteiger partial charge in [0, 0.05) is 13.7 Å². The van der Waals surface area contributed by atoms with Gasteiger partial charge in [0.15, 0.2) is 0 Å². The van der Waals surface area contributed by atoms with E-state index in [-0.39, 0.29) is 0 Å². The summed E-state index contributed by atoms with van der Waals surface area (Å²) in [5.41, 5.74) is 3.94. The van der Waals surface area contributed by atoms with Gasteiger partial charge >= 0.3 is 0 Å². The highest BCUT2D eigenvalue weighted by Gasteiger charge is 2.05. The Kier molecular flexibility index (Phi) is 4.93. The lowest BCUT2D eigenvalue weighted by molar-refractivity contribution is 0.211. The van der Waals surface area contributed by atoms with E-state index in [4.69, 9.17) is 10.00 Å². The summed E-state index contributed by atoms with van der Waals surface area (Å²) in [7, 11) is 1.64. The van der Waals surface area contributed by atoms with Gasteiger partial charge in [-0.15, -0.1) is 0 Å². The first kappa shape index (κ1) is 14.6. The SMILES string of the molecule is COCCNc1ccc(-c2ccc(C#N)cc2)cc1C#N. The maximum absolute atomic E-state index is 9.26. The number of nitrogens with one attached hydrogen (secondary N) is 1. The van der Waals surface area contributed by atoms with Gasteiger partial charge in [-0.1, -0.05) is 18.2 Å². The first-order valence-electron chi connectivity index (χ1n) is 6.56. The molecule has 0 atom stereocenters. The largest absolute Gasteiger partial charge is 0.383 e. The number of nitriles is 2. The van der Waals surface area contributed by atoms with E-state index in [9.17, 15) is 5.26 Å². The molecule has 4 nitrogen and oxygen atoms in total. The average molecular weight is 277 g/mol. The molecule has 0 aromatic heterocycles. The summed E-state index contributed by atoms with van der Waals surface area (Å²) in [6.45, 7) is 1.24. The van der Waals surface area contributed by atoms with E-state index in [0.717, 1.165) is 16.8 Å². The van der Waals surface area contributed by atoms with Crippen molar-refractivity contribution in [3.63, 3.8) is 0 Å². The third kappa shape index (κ3) is 3.60. The second kappa shape index (κ2) is 7.09. The van der Waals surface area contributed by atoms with Crippen molar-refractivity contribution >= 4 is 5.69 Å². The minimum Gasteiger partial charge on any atom is -0.383 e. The molecule has 104 valence electrons. The van der Waals surface area contributed by atoms with Crippen LogP contribution in [-0.2, 0) is 4.74 Å². The van der Waals surface area contributed by atoms with E-state index in [1.807, 2.05) is 30.3 Å². The molecule has 0 radical (unpaired) electrons. The van der Waals surface area contributed by atoms with Crippen LogP contribution in [0.2, 0.25) is 0 Å². The molecule has 2 aromatic carbocycles. The van der Waals surface area contributed by atoms with Crippen LogP contribution in [0.15, 0.2) is 42.5 Å². The van der Waals surface area contributed by atoms with E-state index in [0.29, 0.717) is 24.3 Å². The fourth-order valence-corrected chi connectivity index (χ4v) is 2.00. The van der Waals surface area contributed by atoms with Crippen LogP contribution in [0.5, 0.6) is 0 Å². The average Bonchev–Trinajstić information content (AvgIpc) is 2.55. The third-order valence-electron chi connectivity index (χ3n) is 3.11. The Bertz CT molecular complexity index is 693. The van der Waals surface area contributed by atoms with Gasteiger partial charge in [0.1, 0.15) is 6.07 Å². The fourth-order valence-electron chi connectivity index (χ4n) is 2.00. The van der Waals surface area contributed by atoms with E-state index in [2.05, 4.69) is 17.5 Å². The van der Waals surface area contributed by atoms with Crippen LogP contribution in [0.25, 0.3) is 11.1 Å². The molecule has 0 heterocycles. The van der Waals surface area contributed by atoms with Crippen molar-refractivity contribution < 1.29 is 4.74 Å². The van der Waals surface area contributed by atoms with E-state index in [1.54, 1.807) is 19.2 Å². The van der Waals surface area contributed by atoms with E-state index in [1.165, 1.54) is 0 Å². The molecule has 1 N–H and O–H groups in total. The minimum absolute atomic E-state index is 0.586. The van der Waals surface area contributed by atoms with Crippen LogP contribution >= 0.6 is 0 Å². The van der Waals surface area contributed by atoms with Crippen LogP contribution in [-0.4, -0.2) is 20.3 Å². The molecule has 0 aliphatic rings. The molecular weight excluding hydrogens is 262 g/mol. The Balaban J connectivity index is 2.26. The van der Waals surface area contributed by atoms with Gasteiger partial charge < -0.3 is 10.1 Å². The summed E-state index contributed by atoms with van der Waals surface area (Å²) in [6.07, 6.45) is 0. The van der Waals surface area contributed by atoms with Crippen LogP contribution in [0.3, 0.4) is 0 Å². The van der Waals surface area contributed by atoms with Crippen LogP contribution in [0.1, 0.15) is 11.1 Å². The highest BCUT2D eigenvalue weighted by atomic mass is 16.5. The summed E-state index contributed by atoms with van der Waals surface area (Å²) in [6, 6.07) is 17.3. The number of anilines is 1. The van der Waals surface area contributed by atoms with Crippen molar-refractivity contribution in [1.29, 1.82) is 10.5 Å². The van der Waals surface area contributed by atoms with Crippen molar-refractivity contribution in [2.24, 2.45) is 0 Å². The van der Waals surface area contributed by atoms with Crippen LogP contribution in [0, 0.1) is 22.7 Å². The number of hydrogen-bond acceptors (Lipinski definition) is 4. The number of rotatable bonds is 5. The summed E-state index contributed by atoms with van der Waals surface area (Å²) < 4.78 is 4.98. The van der Waals surface area contributed by atoms with Crippen molar-refractivity contribution in [3.05, 3.63) is 53.6 Å². The monoisotopic (exact) mass is 277 g/mol. The zero-order valence-electron chi connectivity index (χ0n) is 11.8. The lowest BCUT2D eigenvalue weighted by Gasteiger charge is -2.09. The van der Waals surface area contributed by atoms with Gasteiger partial charge in [-0.3, -0.25) is 0 Å². The molecule has 21 heavy (non-hydrogen) atoms. The highest BCUT2D eigenvalue weighted by Crippen LogP contribution is 2.25. The van der Waals surface area contributed by atoms with Gasteiger partial charge in [0.2, 0.25) is 0 Å².